The summed E-state index contributed by atoms with van der Waals surface area (Å²) in [5.74, 6) is -1.06. The lowest BCUT2D eigenvalue weighted by Gasteiger charge is -2.25. The van der Waals surface area contributed by atoms with Crippen molar-refractivity contribution in [3.63, 3.8) is 0 Å². The van der Waals surface area contributed by atoms with Crippen LogP contribution in [-0.4, -0.2) is 47.8 Å². The van der Waals surface area contributed by atoms with Crippen LogP contribution in [0.1, 0.15) is 120 Å². The molecule has 11 nitrogen and oxygen atoms in total. The first-order chi connectivity index (χ1) is 32.1. The number of carbonyl (C=O) groups is 5. The van der Waals surface area contributed by atoms with Crippen molar-refractivity contribution in [3.05, 3.63) is 187 Å². The molecule has 2 unspecified atom stereocenters. The molecule has 3 N–H and O–H groups in total. The SMILES string of the molecule is CC(=O)OC1CCCN(C(=O)c2ccc(NC(=O)c3ccccc3C)cc2C)c2ccc(Cl)cc21.Cc1ccccc1C(=O)Nc1ccc(C(=O)N2CCCC(O)c3cc(Cl)ccc32)c(C)c1. The first-order valence-electron chi connectivity index (χ1n) is 22.1. The third kappa shape index (κ3) is 11.3. The van der Waals surface area contributed by atoms with E-state index in [-0.39, 0.29) is 29.6 Å². The maximum atomic E-state index is 13.6. The Kier molecular flexibility index (Phi) is 15.3. The summed E-state index contributed by atoms with van der Waals surface area (Å²) in [7, 11) is 0. The van der Waals surface area contributed by atoms with Crippen molar-refractivity contribution in [2.45, 2.75) is 72.5 Å². The zero-order chi connectivity index (χ0) is 47.9. The minimum atomic E-state index is -0.651. The van der Waals surface area contributed by atoms with Crippen molar-refractivity contribution in [3.8, 4) is 0 Å². The number of halogens is 2. The average molecular weight is 940 g/mol. The largest absolute Gasteiger partial charge is 0.458 e. The van der Waals surface area contributed by atoms with Gasteiger partial charge >= 0.3 is 5.97 Å². The van der Waals surface area contributed by atoms with Crippen molar-refractivity contribution in [2.24, 2.45) is 0 Å². The number of nitrogens with zero attached hydrogens (tertiary/aromatic N) is 2. The fourth-order valence-corrected chi connectivity index (χ4v) is 8.91. The third-order valence-corrected chi connectivity index (χ3v) is 12.5. The van der Waals surface area contributed by atoms with E-state index in [0.717, 1.165) is 27.8 Å². The topological polar surface area (TPSA) is 145 Å². The highest BCUT2D eigenvalue weighted by atomic mass is 35.5. The summed E-state index contributed by atoms with van der Waals surface area (Å²) < 4.78 is 5.53. The Balaban J connectivity index is 0.000000200. The summed E-state index contributed by atoms with van der Waals surface area (Å²) in [4.78, 5) is 67.5. The van der Waals surface area contributed by atoms with Crippen LogP contribution in [0.3, 0.4) is 0 Å². The number of rotatable bonds is 7. The minimum absolute atomic E-state index is 0.142. The lowest BCUT2D eigenvalue weighted by molar-refractivity contribution is -0.147. The van der Waals surface area contributed by atoms with Crippen LogP contribution in [0.4, 0.5) is 22.7 Å². The molecule has 0 saturated carbocycles. The Labute approximate surface area is 400 Å². The number of carbonyl (C=O) groups excluding carboxylic acids is 5. The second-order valence-corrected chi connectivity index (χ2v) is 17.7. The number of amides is 4. The molecule has 8 rings (SSSR count). The molecule has 0 radical (unpaired) electrons. The third-order valence-electron chi connectivity index (χ3n) is 12.0. The Hall–Kier alpha value is -6.79. The predicted molar refractivity (Wildman–Crippen MR) is 265 cm³/mol. The van der Waals surface area contributed by atoms with E-state index in [0.29, 0.717) is 99.4 Å². The summed E-state index contributed by atoms with van der Waals surface area (Å²) in [6, 6.07) is 35.9. The average Bonchev–Trinajstić information content (AvgIpc) is 3.56. The monoisotopic (exact) mass is 938 g/mol. The Morgan fingerprint density at radius 2 is 1.00 bits per heavy atom. The minimum Gasteiger partial charge on any atom is -0.458 e. The molecule has 0 saturated heterocycles. The first kappa shape index (κ1) is 48.2. The molecule has 0 fully saturated rings. The number of aliphatic hydroxyl groups excluding tert-OH is 1. The van der Waals surface area contributed by atoms with Gasteiger partial charge in [0, 0.05) is 80.5 Å². The molecular weight excluding hydrogens is 888 g/mol. The van der Waals surface area contributed by atoms with Gasteiger partial charge in [0.05, 0.1) is 11.8 Å². The van der Waals surface area contributed by atoms with Crippen LogP contribution in [0.2, 0.25) is 10.0 Å². The molecule has 6 aromatic carbocycles. The highest BCUT2D eigenvalue weighted by Crippen LogP contribution is 2.39. The molecule has 0 aliphatic carbocycles. The molecule has 2 aliphatic heterocycles. The lowest BCUT2D eigenvalue weighted by Crippen LogP contribution is -2.32. The normalized spacial score (nSPS) is 15.3. The highest BCUT2D eigenvalue weighted by Gasteiger charge is 2.31. The molecule has 0 spiro atoms. The van der Waals surface area contributed by atoms with Gasteiger partial charge in [-0.1, -0.05) is 59.6 Å². The standard InChI is InChI=1S/C28H27ClN2O4.C26H25ClN2O3/c1-17-7-4-5-8-22(17)27(33)30-21-11-12-23(18(2)15-21)28(34)31-14-6-9-26(35-19(3)32)24-16-20(29)10-13-25(24)31;1-16-6-3-4-7-20(16)25(31)28-19-10-11-21(17(2)14-19)26(32)29-13-5-8-24(30)22-15-18(27)9-12-23(22)29/h4-5,7-8,10-13,15-16,26H,6,9,14H2,1-3H3,(H,30,33);3-4,6-7,9-12,14-15,24,30H,5,8,13H2,1-2H3,(H,28,31). The number of ether oxygens (including phenoxy) is 1. The van der Waals surface area contributed by atoms with Gasteiger partial charge < -0.3 is 30.3 Å². The van der Waals surface area contributed by atoms with Crippen molar-refractivity contribution in [1.29, 1.82) is 0 Å². The molecule has 0 aromatic heterocycles. The van der Waals surface area contributed by atoms with E-state index in [9.17, 15) is 29.1 Å². The van der Waals surface area contributed by atoms with E-state index in [1.54, 1.807) is 94.7 Å². The van der Waals surface area contributed by atoms with Crippen LogP contribution in [0.15, 0.2) is 121 Å². The van der Waals surface area contributed by atoms with E-state index < -0.39 is 12.2 Å². The molecule has 344 valence electrons. The maximum Gasteiger partial charge on any atom is 0.303 e. The van der Waals surface area contributed by atoms with Crippen molar-refractivity contribution in [2.75, 3.05) is 33.5 Å². The molecular formula is C54H52Cl2N4O7. The van der Waals surface area contributed by atoms with Gasteiger partial charge in [0.2, 0.25) is 0 Å². The number of benzene rings is 6. The number of aryl methyl sites for hydroxylation is 4. The summed E-state index contributed by atoms with van der Waals surface area (Å²) in [5.41, 5.74) is 9.60. The fourth-order valence-electron chi connectivity index (χ4n) is 8.55. The summed E-state index contributed by atoms with van der Waals surface area (Å²) >= 11 is 12.4. The van der Waals surface area contributed by atoms with Crippen LogP contribution in [0.25, 0.3) is 0 Å². The zero-order valence-corrected chi connectivity index (χ0v) is 39.5. The van der Waals surface area contributed by atoms with Crippen LogP contribution in [0, 0.1) is 27.7 Å². The quantitative estimate of drug-likeness (QED) is 0.135. The predicted octanol–water partition coefficient (Wildman–Crippen LogP) is 11.9. The van der Waals surface area contributed by atoms with Gasteiger partial charge in [-0.15, -0.1) is 0 Å². The Bertz CT molecular complexity index is 2880. The van der Waals surface area contributed by atoms with E-state index in [1.807, 2.05) is 64.1 Å². The number of hydrogen-bond donors (Lipinski definition) is 3. The second kappa shape index (κ2) is 21.2. The number of nitrogens with one attached hydrogen (secondary N) is 2. The molecule has 67 heavy (non-hydrogen) atoms. The van der Waals surface area contributed by atoms with Crippen molar-refractivity contribution in [1.82, 2.24) is 0 Å². The molecule has 2 aliphatic rings. The molecule has 6 aromatic rings. The number of anilines is 4. The van der Waals surface area contributed by atoms with E-state index in [2.05, 4.69) is 10.6 Å². The van der Waals surface area contributed by atoms with Gasteiger partial charge in [-0.3, -0.25) is 24.0 Å². The smallest absolute Gasteiger partial charge is 0.303 e. The van der Waals surface area contributed by atoms with Gasteiger partial charge in [-0.2, -0.15) is 0 Å². The van der Waals surface area contributed by atoms with E-state index >= 15 is 0 Å². The maximum absolute atomic E-state index is 13.6. The fraction of sp³-hybridized carbons (Fsp3) is 0.241. The molecule has 2 heterocycles. The van der Waals surface area contributed by atoms with Crippen molar-refractivity contribution < 1.29 is 33.8 Å². The van der Waals surface area contributed by atoms with Gasteiger partial charge in [-0.25, -0.2) is 0 Å². The second-order valence-electron chi connectivity index (χ2n) is 16.8. The Morgan fingerprint density at radius 3 is 1.46 bits per heavy atom. The number of esters is 1. The number of fused-ring (bicyclic) bond motifs is 2. The van der Waals surface area contributed by atoms with Crippen LogP contribution in [0.5, 0.6) is 0 Å². The number of aliphatic hydroxyl groups is 1. The zero-order valence-electron chi connectivity index (χ0n) is 38.0. The van der Waals surface area contributed by atoms with Gasteiger partial charge in [-0.05, 0) is 161 Å². The molecule has 4 amide bonds. The van der Waals surface area contributed by atoms with Crippen LogP contribution >= 0.6 is 23.2 Å². The van der Waals surface area contributed by atoms with E-state index in [4.69, 9.17) is 27.9 Å². The van der Waals surface area contributed by atoms with Crippen LogP contribution < -0.4 is 20.4 Å². The summed E-state index contributed by atoms with van der Waals surface area (Å²) in [6.07, 6.45) is 1.41. The van der Waals surface area contributed by atoms with Gasteiger partial charge in [0.1, 0.15) is 6.10 Å². The van der Waals surface area contributed by atoms with Gasteiger partial charge in [0.15, 0.2) is 0 Å². The lowest BCUT2D eigenvalue weighted by atomic mass is 10.0. The van der Waals surface area contributed by atoms with Crippen molar-refractivity contribution >= 4 is 75.5 Å². The summed E-state index contributed by atoms with van der Waals surface area (Å²) in [6.45, 7) is 9.85. The molecule has 13 heteroatoms. The van der Waals surface area contributed by atoms with Gasteiger partial charge in [0.25, 0.3) is 23.6 Å². The molecule has 0 bridgehead atoms. The van der Waals surface area contributed by atoms with E-state index in [1.165, 1.54) is 6.92 Å². The number of hydrogen-bond acceptors (Lipinski definition) is 7. The summed E-state index contributed by atoms with van der Waals surface area (Å²) in [5, 5.41) is 17.4. The first-order valence-corrected chi connectivity index (χ1v) is 22.9. The molecule has 2 atom stereocenters. The van der Waals surface area contributed by atoms with Crippen LogP contribution in [-0.2, 0) is 9.53 Å². The Morgan fingerprint density at radius 1 is 0.552 bits per heavy atom. The highest BCUT2D eigenvalue weighted by molar-refractivity contribution is 6.31.